The summed E-state index contributed by atoms with van der Waals surface area (Å²) >= 11 is 0. The molecular weight excluding hydrogens is 285 g/mol. The number of rotatable bonds is 4. The van der Waals surface area contributed by atoms with Crippen molar-refractivity contribution in [2.75, 3.05) is 0 Å². The maximum atomic E-state index is 12.7. The summed E-state index contributed by atoms with van der Waals surface area (Å²) < 4.78 is 39.7. The second kappa shape index (κ2) is 5.61. The van der Waals surface area contributed by atoms with E-state index >= 15 is 0 Å². The number of aliphatic carboxylic acids is 1. The van der Waals surface area contributed by atoms with E-state index in [1.165, 1.54) is 16.7 Å². The standard InChI is InChI=1S/C14H13F3N2O2/c15-14(16,17)9-3-1-4-10(7-9)19-6-2-5-11(19)8-12(18)13(20)21/h1-7,12H,8,18H2,(H,20,21). The minimum absolute atomic E-state index is 0.0264. The Bertz CT molecular complexity index is 650. The summed E-state index contributed by atoms with van der Waals surface area (Å²) in [5.41, 5.74) is 5.54. The molecular formula is C14H13F3N2O2. The van der Waals surface area contributed by atoms with Crippen LogP contribution in [0.25, 0.3) is 5.69 Å². The van der Waals surface area contributed by atoms with Gasteiger partial charge in [-0.05, 0) is 30.3 Å². The van der Waals surface area contributed by atoms with Gasteiger partial charge in [0.25, 0.3) is 0 Å². The molecule has 1 atom stereocenters. The second-order valence-corrected chi connectivity index (χ2v) is 4.57. The summed E-state index contributed by atoms with van der Waals surface area (Å²) in [6, 6.07) is 6.97. The van der Waals surface area contributed by atoms with E-state index in [0.29, 0.717) is 11.4 Å². The maximum Gasteiger partial charge on any atom is 0.416 e. The highest BCUT2D eigenvalue weighted by atomic mass is 19.4. The van der Waals surface area contributed by atoms with Crippen LogP contribution in [-0.4, -0.2) is 21.7 Å². The molecule has 0 amide bonds. The van der Waals surface area contributed by atoms with Gasteiger partial charge in [-0.3, -0.25) is 4.79 Å². The van der Waals surface area contributed by atoms with Gasteiger partial charge in [0, 0.05) is 24.0 Å². The van der Waals surface area contributed by atoms with Gasteiger partial charge in [0.1, 0.15) is 6.04 Å². The molecule has 4 nitrogen and oxygen atoms in total. The van der Waals surface area contributed by atoms with Crippen LogP contribution in [0.15, 0.2) is 42.6 Å². The minimum Gasteiger partial charge on any atom is -0.480 e. The van der Waals surface area contributed by atoms with Gasteiger partial charge in [-0.25, -0.2) is 0 Å². The van der Waals surface area contributed by atoms with Gasteiger partial charge in [0.15, 0.2) is 0 Å². The number of benzene rings is 1. The van der Waals surface area contributed by atoms with Crippen molar-refractivity contribution < 1.29 is 23.1 Å². The molecule has 112 valence electrons. The smallest absolute Gasteiger partial charge is 0.416 e. The van der Waals surface area contributed by atoms with Crippen molar-refractivity contribution in [1.29, 1.82) is 0 Å². The third-order valence-electron chi connectivity index (χ3n) is 3.03. The monoisotopic (exact) mass is 298 g/mol. The number of carboxylic acid groups (broad SMARTS) is 1. The predicted molar refractivity (Wildman–Crippen MR) is 70.1 cm³/mol. The highest BCUT2D eigenvalue weighted by Crippen LogP contribution is 2.30. The van der Waals surface area contributed by atoms with Gasteiger partial charge < -0.3 is 15.4 Å². The van der Waals surface area contributed by atoms with Crippen LogP contribution >= 0.6 is 0 Å². The number of aromatic nitrogens is 1. The first-order chi connectivity index (χ1) is 9.79. The van der Waals surface area contributed by atoms with Crippen LogP contribution in [0.4, 0.5) is 13.2 Å². The number of carboxylic acids is 1. The lowest BCUT2D eigenvalue weighted by atomic mass is 10.1. The predicted octanol–water partition coefficient (Wildman–Crippen LogP) is 2.45. The number of alkyl halides is 3. The Kier molecular flexibility index (Phi) is 4.04. The van der Waals surface area contributed by atoms with Crippen LogP contribution in [0.3, 0.4) is 0 Å². The molecule has 0 spiro atoms. The Morgan fingerprint density at radius 2 is 2.00 bits per heavy atom. The fourth-order valence-corrected chi connectivity index (χ4v) is 1.98. The molecule has 0 bridgehead atoms. The van der Waals surface area contributed by atoms with Gasteiger partial charge in [-0.15, -0.1) is 0 Å². The fraction of sp³-hybridized carbons (Fsp3) is 0.214. The van der Waals surface area contributed by atoms with Crippen molar-refractivity contribution >= 4 is 5.97 Å². The molecule has 0 aliphatic rings. The summed E-state index contributed by atoms with van der Waals surface area (Å²) in [7, 11) is 0. The van der Waals surface area contributed by atoms with Crippen molar-refractivity contribution in [2.24, 2.45) is 5.73 Å². The maximum absolute atomic E-state index is 12.7. The van der Waals surface area contributed by atoms with E-state index < -0.39 is 23.8 Å². The van der Waals surface area contributed by atoms with Gasteiger partial charge in [0.05, 0.1) is 5.56 Å². The first-order valence-electron chi connectivity index (χ1n) is 6.11. The quantitative estimate of drug-likeness (QED) is 0.911. The summed E-state index contributed by atoms with van der Waals surface area (Å²) in [6.07, 6.45) is -2.83. The molecule has 3 N–H and O–H groups in total. The van der Waals surface area contributed by atoms with Gasteiger partial charge in [-0.1, -0.05) is 6.07 Å². The fourth-order valence-electron chi connectivity index (χ4n) is 1.98. The lowest BCUT2D eigenvalue weighted by Crippen LogP contribution is -2.32. The van der Waals surface area contributed by atoms with E-state index in [2.05, 4.69) is 0 Å². The summed E-state index contributed by atoms with van der Waals surface area (Å²) in [4.78, 5) is 10.8. The molecule has 2 aromatic rings. The summed E-state index contributed by atoms with van der Waals surface area (Å²) in [5.74, 6) is -1.16. The topological polar surface area (TPSA) is 68.2 Å². The van der Waals surface area contributed by atoms with E-state index in [1.807, 2.05) is 0 Å². The van der Waals surface area contributed by atoms with Crippen LogP contribution in [0.2, 0.25) is 0 Å². The number of nitrogens with two attached hydrogens (primary N) is 1. The second-order valence-electron chi connectivity index (χ2n) is 4.57. The van der Waals surface area contributed by atoms with E-state index in [1.54, 1.807) is 18.3 Å². The SMILES string of the molecule is NC(Cc1cccn1-c1cccc(C(F)(F)F)c1)C(=O)O. The molecule has 1 aromatic carbocycles. The zero-order chi connectivity index (χ0) is 15.6. The largest absolute Gasteiger partial charge is 0.480 e. The van der Waals surface area contributed by atoms with Crippen molar-refractivity contribution in [2.45, 2.75) is 18.6 Å². The molecule has 0 aliphatic carbocycles. The lowest BCUT2D eigenvalue weighted by molar-refractivity contribution is -0.139. The Morgan fingerprint density at radius 3 is 2.62 bits per heavy atom. The molecule has 1 heterocycles. The lowest BCUT2D eigenvalue weighted by Gasteiger charge is -2.13. The molecule has 21 heavy (non-hydrogen) atoms. The average Bonchev–Trinajstić information content (AvgIpc) is 2.86. The molecule has 0 saturated carbocycles. The Balaban J connectivity index is 2.35. The molecule has 0 saturated heterocycles. The summed E-state index contributed by atoms with van der Waals surface area (Å²) in [5, 5.41) is 8.81. The van der Waals surface area contributed by atoms with E-state index in [9.17, 15) is 18.0 Å². The molecule has 2 rings (SSSR count). The van der Waals surface area contributed by atoms with Crippen LogP contribution in [0, 0.1) is 0 Å². The Labute approximate surface area is 118 Å². The number of nitrogens with zero attached hydrogens (tertiary/aromatic N) is 1. The molecule has 0 aliphatic heterocycles. The first-order valence-corrected chi connectivity index (χ1v) is 6.11. The number of carbonyl (C=O) groups is 1. The Hall–Kier alpha value is -2.28. The molecule has 0 fully saturated rings. The van der Waals surface area contributed by atoms with Crippen molar-refractivity contribution in [3.05, 3.63) is 53.9 Å². The van der Waals surface area contributed by atoms with Gasteiger partial charge >= 0.3 is 12.1 Å². The van der Waals surface area contributed by atoms with Crippen molar-refractivity contribution in [3.63, 3.8) is 0 Å². The minimum atomic E-state index is -4.43. The van der Waals surface area contributed by atoms with E-state index in [0.717, 1.165) is 12.1 Å². The zero-order valence-corrected chi connectivity index (χ0v) is 10.8. The van der Waals surface area contributed by atoms with Crippen LogP contribution in [0.5, 0.6) is 0 Å². The van der Waals surface area contributed by atoms with Crippen molar-refractivity contribution in [3.8, 4) is 5.69 Å². The van der Waals surface area contributed by atoms with Crippen molar-refractivity contribution in [1.82, 2.24) is 4.57 Å². The zero-order valence-electron chi connectivity index (χ0n) is 10.8. The first kappa shape index (κ1) is 15.1. The third kappa shape index (κ3) is 3.43. The average molecular weight is 298 g/mol. The van der Waals surface area contributed by atoms with Crippen LogP contribution < -0.4 is 5.73 Å². The number of hydrogen-bond acceptors (Lipinski definition) is 2. The van der Waals surface area contributed by atoms with Crippen LogP contribution in [0.1, 0.15) is 11.3 Å². The summed E-state index contributed by atoms with van der Waals surface area (Å²) in [6.45, 7) is 0. The van der Waals surface area contributed by atoms with E-state index in [4.69, 9.17) is 10.8 Å². The molecule has 0 radical (unpaired) electrons. The number of halogens is 3. The Morgan fingerprint density at radius 1 is 1.29 bits per heavy atom. The van der Waals surface area contributed by atoms with E-state index in [-0.39, 0.29) is 6.42 Å². The molecule has 1 unspecified atom stereocenters. The highest BCUT2D eigenvalue weighted by Gasteiger charge is 2.30. The number of hydrogen-bond donors (Lipinski definition) is 2. The molecule has 1 aromatic heterocycles. The third-order valence-corrected chi connectivity index (χ3v) is 3.03. The normalized spacial score (nSPS) is 13.1. The molecule has 7 heteroatoms. The highest BCUT2D eigenvalue weighted by molar-refractivity contribution is 5.73. The van der Waals surface area contributed by atoms with Gasteiger partial charge in [-0.2, -0.15) is 13.2 Å². The van der Waals surface area contributed by atoms with Gasteiger partial charge in [0.2, 0.25) is 0 Å². The van der Waals surface area contributed by atoms with Crippen LogP contribution in [-0.2, 0) is 17.4 Å².